The van der Waals surface area contributed by atoms with Gasteiger partial charge in [0.25, 0.3) is 5.56 Å². The highest BCUT2D eigenvalue weighted by Gasteiger charge is 2.19. The molecule has 0 bridgehead atoms. The predicted molar refractivity (Wildman–Crippen MR) is 118 cm³/mol. The van der Waals surface area contributed by atoms with Gasteiger partial charge in [0.05, 0.1) is 20.6 Å². The van der Waals surface area contributed by atoms with E-state index in [4.69, 9.17) is 0 Å². The van der Waals surface area contributed by atoms with Crippen LogP contribution in [-0.2, 0) is 9.59 Å². The van der Waals surface area contributed by atoms with Gasteiger partial charge >= 0.3 is 0 Å². The third-order valence-corrected chi connectivity index (χ3v) is 5.80. The summed E-state index contributed by atoms with van der Waals surface area (Å²) in [6.07, 6.45) is 3.12. The van der Waals surface area contributed by atoms with Crippen molar-refractivity contribution in [3.05, 3.63) is 61.0 Å². The fourth-order valence-corrected chi connectivity index (χ4v) is 4.16. The first-order valence-corrected chi connectivity index (χ1v) is 10.6. The molecule has 0 radical (unpaired) electrons. The summed E-state index contributed by atoms with van der Waals surface area (Å²) in [6.45, 7) is 6.97. The largest absolute Gasteiger partial charge is 0.313 e. The van der Waals surface area contributed by atoms with Crippen molar-refractivity contribution in [1.82, 2.24) is 9.97 Å². The average molecular weight is 428 g/mol. The molecule has 0 atom stereocenters. The first-order valence-electron chi connectivity index (χ1n) is 8.93. The molecule has 0 spiro atoms. The molecule has 6 nitrogen and oxygen atoms in total. The maximum atomic E-state index is 12.2. The van der Waals surface area contributed by atoms with Gasteiger partial charge in [-0.05, 0) is 18.2 Å². The van der Waals surface area contributed by atoms with E-state index in [2.05, 4.69) is 9.97 Å². The fourth-order valence-electron chi connectivity index (χ4n) is 2.44. The number of aromatic amines is 1. The molecule has 29 heavy (non-hydrogen) atoms. The quantitative estimate of drug-likeness (QED) is 0.694. The molecule has 0 saturated carbocycles. The lowest BCUT2D eigenvalue weighted by molar-refractivity contribution is -0.120. The van der Waals surface area contributed by atoms with E-state index < -0.39 is 5.41 Å². The van der Waals surface area contributed by atoms with Crippen molar-refractivity contribution < 1.29 is 9.59 Å². The molecule has 2 heterocycles. The molecule has 0 aliphatic rings. The number of benzene rings is 1. The number of hydrogen-bond donors (Lipinski definition) is 1. The molecule has 0 aliphatic carbocycles. The van der Waals surface area contributed by atoms with E-state index >= 15 is 0 Å². The Morgan fingerprint density at radius 1 is 1.17 bits per heavy atom. The summed E-state index contributed by atoms with van der Waals surface area (Å²) < 4.78 is 0.954. The summed E-state index contributed by atoms with van der Waals surface area (Å²) in [4.78, 5) is 45.3. The molecule has 8 heteroatoms. The third kappa shape index (κ3) is 4.96. The first-order chi connectivity index (χ1) is 13.6. The Bertz CT molecular complexity index is 1210. The standard InChI is InChI=1S/C21H21N3O3S2/c1-13(25)24(15-8-6-5-7-9-15)20-22-14(12-28-20)10-16-19(27)23-18(29-16)11-17(26)21(2,3)4/h5-12H,1-4H3,(H,23,27)/b16-10+,18-11+. The van der Waals surface area contributed by atoms with E-state index in [9.17, 15) is 14.4 Å². The first kappa shape index (κ1) is 20.9. The van der Waals surface area contributed by atoms with Crippen molar-refractivity contribution in [2.75, 3.05) is 4.90 Å². The lowest BCUT2D eigenvalue weighted by Crippen LogP contribution is -2.22. The zero-order valence-corrected chi connectivity index (χ0v) is 18.2. The molecule has 1 amide bonds. The second-order valence-electron chi connectivity index (χ2n) is 7.43. The van der Waals surface area contributed by atoms with Crippen LogP contribution in [0.1, 0.15) is 33.4 Å². The van der Waals surface area contributed by atoms with Crippen molar-refractivity contribution in [1.29, 1.82) is 0 Å². The molecule has 0 aliphatic heterocycles. The zero-order chi connectivity index (χ0) is 21.2. The van der Waals surface area contributed by atoms with Gasteiger partial charge < -0.3 is 4.98 Å². The SMILES string of the molecule is CC(=O)N(c1ccccc1)c1nc(/C=c2/s/c(=C/C(=O)C(C)(C)C)[nH]c2=O)cs1. The van der Waals surface area contributed by atoms with Crippen LogP contribution in [0, 0.1) is 5.41 Å². The van der Waals surface area contributed by atoms with Gasteiger partial charge in [0.15, 0.2) is 10.9 Å². The Balaban J connectivity index is 1.97. The second kappa shape index (κ2) is 8.26. The number of ketones is 1. The van der Waals surface area contributed by atoms with Crippen LogP contribution in [0.5, 0.6) is 0 Å². The Morgan fingerprint density at radius 2 is 1.86 bits per heavy atom. The van der Waals surface area contributed by atoms with Crippen LogP contribution in [0.15, 0.2) is 40.5 Å². The fraction of sp³-hybridized carbons (Fsp3) is 0.238. The molecule has 0 unspecified atom stereocenters. The summed E-state index contributed by atoms with van der Waals surface area (Å²) >= 11 is 2.52. The molecule has 0 fully saturated rings. The zero-order valence-electron chi connectivity index (χ0n) is 16.6. The summed E-state index contributed by atoms with van der Waals surface area (Å²) in [5.74, 6) is -0.207. The Morgan fingerprint density at radius 3 is 2.48 bits per heavy atom. The highest BCUT2D eigenvalue weighted by atomic mass is 32.1. The van der Waals surface area contributed by atoms with Crippen LogP contribution in [0.4, 0.5) is 10.8 Å². The number of Topliss-reactive ketones (excluding diaryl/α,β-unsaturated/α-hetero) is 1. The minimum Gasteiger partial charge on any atom is -0.313 e. The van der Waals surface area contributed by atoms with Crippen molar-refractivity contribution in [3.8, 4) is 0 Å². The number of carbonyl (C=O) groups is 2. The van der Waals surface area contributed by atoms with E-state index in [1.54, 1.807) is 11.5 Å². The van der Waals surface area contributed by atoms with E-state index in [-0.39, 0.29) is 17.2 Å². The van der Waals surface area contributed by atoms with Gasteiger partial charge in [-0.25, -0.2) is 4.98 Å². The minimum atomic E-state index is -0.512. The number of hydrogen-bond acceptors (Lipinski definition) is 6. The molecule has 0 saturated heterocycles. The monoisotopic (exact) mass is 427 g/mol. The van der Waals surface area contributed by atoms with Crippen molar-refractivity contribution in [2.45, 2.75) is 27.7 Å². The summed E-state index contributed by atoms with van der Waals surface area (Å²) in [6, 6.07) is 9.27. The number of rotatable bonds is 4. The maximum absolute atomic E-state index is 12.2. The predicted octanol–water partition coefficient (Wildman–Crippen LogP) is 2.80. The average Bonchev–Trinajstić information content (AvgIpc) is 3.22. The van der Waals surface area contributed by atoms with Crippen LogP contribution in [0.3, 0.4) is 0 Å². The van der Waals surface area contributed by atoms with Crippen LogP contribution in [-0.4, -0.2) is 21.7 Å². The van der Waals surface area contributed by atoms with E-state index in [1.165, 1.54) is 40.6 Å². The van der Waals surface area contributed by atoms with Gasteiger partial charge in [0.2, 0.25) is 5.91 Å². The number of carbonyl (C=O) groups excluding carboxylic acids is 2. The third-order valence-electron chi connectivity index (χ3n) is 3.99. The molecular weight excluding hydrogens is 406 g/mol. The Hall–Kier alpha value is -2.84. The normalized spacial score (nSPS) is 13.0. The molecule has 1 N–H and O–H groups in total. The number of amides is 1. The van der Waals surface area contributed by atoms with Gasteiger partial charge in [-0.1, -0.05) is 39.0 Å². The van der Waals surface area contributed by atoms with Crippen molar-refractivity contribution >= 4 is 57.3 Å². The van der Waals surface area contributed by atoms with Gasteiger partial charge in [-0.15, -0.1) is 22.7 Å². The lowest BCUT2D eigenvalue weighted by Gasteiger charge is -2.17. The topological polar surface area (TPSA) is 83.1 Å². The number of para-hydroxylation sites is 1. The number of anilines is 2. The van der Waals surface area contributed by atoms with Crippen LogP contribution in [0.2, 0.25) is 0 Å². The van der Waals surface area contributed by atoms with Crippen LogP contribution in [0.25, 0.3) is 12.2 Å². The van der Waals surface area contributed by atoms with E-state index in [0.717, 1.165) is 5.69 Å². The molecule has 3 aromatic rings. The number of thiazole rings is 2. The van der Waals surface area contributed by atoms with E-state index in [0.29, 0.717) is 20.0 Å². The highest BCUT2D eigenvalue weighted by Crippen LogP contribution is 2.28. The molecule has 3 rings (SSSR count). The summed E-state index contributed by atoms with van der Waals surface area (Å²) in [5.41, 5.74) is 0.520. The van der Waals surface area contributed by atoms with Crippen LogP contribution >= 0.6 is 22.7 Å². The number of nitrogens with one attached hydrogen (secondary N) is 1. The molecule has 1 aromatic carbocycles. The van der Waals surface area contributed by atoms with Crippen molar-refractivity contribution in [2.24, 2.45) is 5.41 Å². The highest BCUT2D eigenvalue weighted by molar-refractivity contribution is 7.14. The second-order valence-corrected chi connectivity index (χ2v) is 9.35. The maximum Gasteiger partial charge on any atom is 0.266 e. The van der Waals surface area contributed by atoms with Crippen LogP contribution < -0.4 is 19.7 Å². The summed E-state index contributed by atoms with van der Waals surface area (Å²) in [5, 5.41) is 2.31. The summed E-state index contributed by atoms with van der Waals surface area (Å²) in [7, 11) is 0. The Labute approximate surface area is 175 Å². The number of nitrogens with zero attached hydrogens (tertiary/aromatic N) is 2. The number of aromatic nitrogens is 2. The van der Waals surface area contributed by atoms with Crippen molar-refractivity contribution in [3.63, 3.8) is 0 Å². The minimum absolute atomic E-state index is 0.0579. The van der Waals surface area contributed by atoms with Gasteiger partial charge in [0.1, 0.15) is 0 Å². The Kier molecular flexibility index (Phi) is 5.95. The molecule has 150 valence electrons. The van der Waals surface area contributed by atoms with E-state index in [1.807, 2.05) is 51.1 Å². The number of H-pyrrole nitrogens is 1. The molecular formula is C21H21N3O3S2. The molecule has 2 aromatic heterocycles. The smallest absolute Gasteiger partial charge is 0.266 e. The lowest BCUT2D eigenvalue weighted by atomic mass is 9.91. The van der Waals surface area contributed by atoms with Gasteiger partial charge in [-0.3, -0.25) is 19.3 Å². The van der Waals surface area contributed by atoms with Gasteiger partial charge in [-0.2, -0.15) is 0 Å². The van der Waals surface area contributed by atoms with Gasteiger partial charge in [0, 0.05) is 23.8 Å².